The highest BCUT2D eigenvalue weighted by Gasteiger charge is 2.49. The van der Waals surface area contributed by atoms with Crippen molar-refractivity contribution in [1.29, 1.82) is 0 Å². The zero-order valence-electron chi connectivity index (χ0n) is 13.3. The van der Waals surface area contributed by atoms with Crippen molar-refractivity contribution in [2.24, 2.45) is 11.3 Å². The first-order valence-electron chi connectivity index (χ1n) is 7.45. The van der Waals surface area contributed by atoms with Gasteiger partial charge in [0.25, 0.3) is 0 Å². The summed E-state index contributed by atoms with van der Waals surface area (Å²) < 4.78 is 6.02. The Balaban J connectivity index is 1.92. The molecule has 1 aromatic rings. The molecule has 0 amide bonds. The van der Waals surface area contributed by atoms with Crippen LogP contribution >= 0.6 is 11.8 Å². The van der Waals surface area contributed by atoms with Crippen molar-refractivity contribution < 1.29 is 4.74 Å². The number of anilines is 1. The van der Waals surface area contributed by atoms with E-state index in [4.69, 9.17) is 4.74 Å². The lowest BCUT2D eigenvalue weighted by Gasteiger charge is -2.52. The molecule has 20 heavy (non-hydrogen) atoms. The van der Waals surface area contributed by atoms with Gasteiger partial charge in [0.2, 0.25) is 0 Å². The summed E-state index contributed by atoms with van der Waals surface area (Å²) in [5.41, 5.74) is 1.42. The Kier molecular flexibility index (Phi) is 5.03. The van der Waals surface area contributed by atoms with Crippen molar-refractivity contribution in [1.82, 2.24) is 0 Å². The van der Waals surface area contributed by atoms with Gasteiger partial charge in [-0.25, -0.2) is 0 Å². The topological polar surface area (TPSA) is 21.3 Å². The number of rotatable bonds is 6. The maximum atomic E-state index is 6.02. The predicted molar refractivity (Wildman–Crippen MR) is 88.6 cm³/mol. The number of benzene rings is 1. The van der Waals surface area contributed by atoms with Gasteiger partial charge in [-0.15, -0.1) is 11.8 Å². The van der Waals surface area contributed by atoms with Crippen LogP contribution in [0.3, 0.4) is 0 Å². The average molecular weight is 293 g/mol. The van der Waals surface area contributed by atoms with Crippen LogP contribution in [0, 0.1) is 11.3 Å². The first-order valence-corrected chi connectivity index (χ1v) is 8.68. The maximum absolute atomic E-state index is 6.02. The Labute approximate surface area is 127 Å². The Morgan fingerprint density at radius 1 is 1.40 bits per heavy atom. The summed E-state index contributed by atoms with van der Waals surface area (Å²) in [5, 5.41) is 3.67. The summed E-state index contributed by atoms with van der Waals surface area (Å²) in [4.78, 5) is 1.31. The van der Waals surface area contributed by atoms with Crippen LogP contribution in [-0.4, -0.2) is 25.0 Å². The zero-order valence-corrected chi connectivity index (χ0v) is 14.1. The lowest BCUT2D eigenvalue weighted by molar-refractivity contribution is -0.108. The molecule has 1 aromatic carbocycles. The lowest BCUT2D eigenvalue weighted by Crippen LogP contribution is -2.58. The minimum Gasteiger partial charge on any atom is -0.382 e. The van der Waals surface area contributed by atoms with Crippen molar-refractivity contribution >= 4 is 17.4 Å². The van der Waals surface area contributed by atoms with E-state index in [1.807, 2.05) is 0 Å². The fourth-order valence-electron chi connectivity index (χ4n) is 2.64. The van der Waals surface area contributed by atoms with Crippen LogP contribution in [0.4, 0.5) is 5.69 Å². The monoisotopic (exact) mass is 293 g/mol. The van der Waals surface area contributed by atoms with E-state index in [0.717, 1.165) is 13.0 Å². The van der Waals surface area contributed by atoms with Gasteiger partial charge < -0.3 is 10.1 Å². The highest BCUT2D eigenvalue weighted by Crippen LogP contribution is 2.44. The minimum atomic E-state index is 0.199. The Morgan fingerprint density at radius 3 is 2.75 bits per heavy atom. The number of hydrogen-bond donors (Lipinski definition) is 1. The highest BCUT2D eigenvalue weighted by molar-refractivity contribution is 7.98. The van der Waals surface area contributed by atoms with Gasteiger partial charge >= 0.3 is 0 Å². The number of nitrogens with one attached hydrogen (secondary N) is 1. The second-order valence-corrected chi connectivity index (χ2v) is 7.58. The molecule has 2 atom stereocenters. The summed E-state index contributed by atoms with van der Waals surface area (Å²) in [6.07, 6.45) is 3.59. The summed E-state index contributed by atoms with van der Waals surface area (Å²) in [7, 11) is 0. The average Bonchev–Trinajstić information content (AvgIpc) is 2.42. The fourth-order valence-corrected chi connectivity index (χ4v) is 3.10. The van der Waals surface area contributed by atoms with Crippen molar-refractivity contribution in [3.8, 4) is 0 Å². The van der Waals surface area contributed by atoms with Crippen LogP contribution in [0.2, 0.25) is 0 Å². The molecule has 1 aliphatic rings. The molecule has 1 saturated carbocycles. The Morgan fingerprint density at radius 2 is 2.15 bits per heavy atom. The third-order valence-electron chi connectivity index (χ3n) is 4.22. The van der Waals surface area contributed by atoms with E-state index < -0.39 is 0 Å². The molecule has 0 aliphatic heterocycles. The molecule has 112 valence electrons. The van der Waals surface area contributed by atoms with Gasteiger partial charge in [0.1, 0.15) is 0 Å². The molecule has 2 unspecified atom stereocenters. The molecule has 0 bridgehead atoms. The van der Waals surface area contributed by atoms with E-state index in [2.05, 4.69) is 63.5 Å². The molecule has 3 heteroatoms. The predicted octanol–water partition coefficient (Wildman–Crippen LogP) is 4.66. The third kappa shape index (κ3) is 3.50. The molecular formula is C17H27NOS. The Bertz CT molecular complexity index is 444. The molecule has 2 nitrogen and oxygen atoms in total. The van der Waals surface area contributed by atoms with Crippen molar-refractivity contribution in [3.63, 3.8) is 0 Å². The summed E-state index contributed by atoms with van der Waals surface area (Å²) >= 11 is 1.78. The number of ether oxygens (including phenoxy) is 1. The number of thioether (sulfide) groups is 1. The van der Waals surface area contributed by atoms with E-state index in [9.17, 15) is 0 Å². The molecule has 0 spiro atoms. The second kappa shape index (κ2) is 6.40. The number of hydrogen-bond acceptors (Lipinski definition) is 3. The maximum Gasteiger partial charge on any atom is 0.0665 e. The second-order valence-electron chi connectivity index (χ2n) is 6.70. The Hall–Kier alpha value is -0.670. The smallest absolute Gasteiger partial charge is 0.0665 e. The molecular weight excluding hydrogens is 266 g/mol. The van der Waals surface area contributed by atoms with E-state index in [1.54, 1.807) is 11.8 Å². The molecule has 1 aliphatic carbocycles. The van der Waals surface area contributed by atoms with Gasteiger partial charge in [0.15, 0.2) is 0 Å². The van der Waals surface area contributed by atoms with Gasteiger partial charge in [-0.2, -0.15) is 0 Å². The quantitative estimate of drug-likeness (QED) is 0.771. The van der Waals surface area contributed by atoms with Crippen LogP contribution in [0.25, 0.3) is 0 Å². The standard InChI is InChI=1S/C17H27NOS/c1-12(2)11-19-16-10-15(17(16,3)4)18-13-7-6-8-14(9-13)20-5/h6-9,12,15-16,18H,10-11H2,1-5H3. The largest absolute Gasteiger partial charge is 0.382 e. The van der Waals surface area contributed by atoms with E-state index in [-0.39, 0.29) is 5.41 Å². The molecule has 0 heterocycles. The molecule has 2 rings (SSSR count). The third-order valence-corrected chi connectivity index (χ3v) is 4.94. The van der Waals surface area contributed by atoms with Crippen LogP contribution in [0.5, 0.6) is 0 Å². The summed E-state index contributed by atoms with van der Waals surface area (Å²) in [6.45, 7) is 9.88. The molecule has 1 fully saturated rings. The SMILES string of the molecule is CSc1cccc(NC2CC(OCC(C)C)C2(C)C)c1. The normalized spacial score (nSPS) is 24.5. The molecule has 0 saturated heterocycles. The first kappa shape index (κ1) is 15.7. The van der Waals surface area contributed by atoms with Gasteiger partial charge in [-0.3, -0.25) is 0 Å². The summed E-state index contributed by atoms with van der Waals surface area (Å²) in [5.74, 6) is 0.607. The van der Waals surface area contributed by atoms with E-state index in [0.29, 0.717) is 18.1 Å². The van der Waals surface area contributed by atoms with Gasteiger partial charge in [-0.05, 0) is 36.8 Å². The zero-order chi connectivity index (χ0) is 14.8. The van der Waals surface area contributed by atoms with Crippen LogP contribution in [-0.2, 0) is 4.74 Å². The minimum absolute atomic E-state index is 0.199. The highest BCUT2D eigenvalue weighted by atomic mass is 32.2. The van der Waals surface area contributed by atoms with Crippen LogP contribution in [0.15, 0.2) is 29.2 Å². The van der Waals surface area contributed by atoms with Crippen molar-refractivity contribution in [3.05, 3.63) is 24.3 Å². The molecule has 0 radical (unpaired) electrons. The van der Waals surface area contributed by atoms with Gasteiger partial charge in [0.05, 0.1) is 6.10 Å². The molecule has 0 aromatic heterocycles. The fraction of sp³-hybridized carbons (Fsp3) is 0.647. The molecule has 1 N–H and O–H groups in total. The van der Waals surface area contributed by atoms with Crippen molar-refractivity contribution in [2.45, 2.75) is 51.2 Å². The van der Waals surface area contributed by atoms with Gasteiger partial charge in [-0.1, -0.05) is 33.8 Å². The first-order chi connectivity index (χ1) is 9.43. The van der Waals surface area contributed by atoms with Gasteiger partial charge in [0, 0.05) is 28.6 Å². The lowest BCUT2D eigenvalue weighted by atomic mass is 9.64. The van der Waals surface area contributed by atoms with Crippen molar-refractivity contribution in [2.75, 3.05) is 18.2 Å². The van der Waals surface area contributed by atoms with E-state index >= 15 is 0 Å². The van der Waals surface area contributed by atoms with Crippen LogP contribution < -0.4 is 5.32 Å². The van der Waals surface area contributed by atoms with E-state index in [1.165, 1.54) is 10.6 Å². The van der Waals surface area contributed by atoms with Crippen LogP contribution in [0.1, 0.15) is 34.1 Å². The summed E-state index contributed by atoms with van der Waals surface area (Å²) in [6, 6.07) is 9.14.